The molecule has 2 N–H and O–H groups in total. The van der Waals surface area contributed by atoms with Crippen molar-refractivity contribution in [3.8, 4) is 0 Å². The van der Waals surface area contributed by atoms with Crippen molar-refractivity contribution in [2.45, 2.75) is 38.3 Å². The normalized spacial score (nSPS) is 25.7. The zero-order valence-electron chi connectivity index (χ0n) is 17.9. The molecule has 31 heavy (non-hydrogen) atoms. The highest BCUT2D eigenvalue weighted by Crippen LogP contribution is 2.35. The van der Waals surface area contributed by atoms with Gasteiger partial charge in [-0.1, -0.05) is 6.07 Å². The molecule has 0 bridgehead atoms. The molecule has 4 aliphatic rings. The summed E-state index contributed by atoms with van der Waals surface area (Å²) in [6, 6.07) is 5.36. The van der Waals surface area contributed by atoms with Gasteiger partial charge in [-0.25, -0.2) is 0 Å². The predicted octanol–water partition coefficient (Wildman–Crippen LogP) is 0.569. The second-order valence-corrected chi connectivity index (χ2v) is 9.18. The van der Waals surface area contributed by atoms with Gasteiger partial charge < -0.3 is 20.0 Å². The Morgan fingerprint density at radius 3 is 2.48 bits per heavy atom. The number of benzene rings is 1. The average Bonchev–Trinajstić information content (AvgIpc) is 3.12. The smallest absolute Gasteiger partial charge is 0.255 e. The number of carbonyl (C=O) groups excluding carboxylic acids is 3. The van der Waals surface area contributed by atoms with Crippen LogP contribution < -0.4 is 15.5 Å². The van der Waals surface area contributed by atoms with Crippen LogP contribution in [-0.4, -0.2) is 79.4 Å². The van der Waals surface area contributed by atoms with E-state index in [0.717, 1.165) is 56.4 Å². The maximum absolute atomic E-state index is 13.1. The molecule has 4 aliphatic heterocycles. The van der Waals surface area contributed by atoms with Crippen LogP contribution in [0.4, 0.5) is 5.69 Å². The number of rotatable bonds is 4. The summed E-state index contributed by atoms with van der Waals surface area (Å²) in [5.74, 6) is 0.0233. The zero-order valence-corrected chi connectivity index (χ0v) is 17.9. The minimum atomic E-state index is -0.560. The molecule has 1 unspecified atom stereocenters. The van der Waals surface area contributed by atoms with Crippen LogP contribution >= 0.6 is 0 Å². The first-order valence-corrected chi connectivity index (χ1v) is 11.5. The number of carbonyl (C=O) groups is 3. The number of hydrogen-bond donors (Lipinski definition) is 2. The van der Waals surface area contributed by atoms with Gasteiger partial charge in [-0.3, -0.25) is 19.7 Å². The Labute approximate surface area is 182 Å². The minimum absolute atomic E-state index is 0.0973. The fourth-order valence-electron chi connectivity index (χ4n) is 5.48. The van der Waals surface area contributed by atoms with E-state index < -0.39 is 6.04 Å². The molecule has 1 atom stereocenters. The number of hydrogen-bond acceptors (Lipinski definition) is 6. The molecule has 0 radical (unpaired) electrons. The molecule has 3 saturated heterocycles. The lowest BCUT2D eigenvalue weighted by atomic mass is 9.94. The second kappa shape index (κ2) is 8.59. The molecule has 1 aromatic rings. The van der Waals surface area contributed by atoms with E-state index in [4.69, 9.17) is 0 Å². The first-order valence-electron chi connectivity index (χ1n) is 11.5. The topological polar surface area (TPSA) is 85.0 Å². The number of nitrogens with zero attached hydrogens (tertiary/aromatic N) is 3. The fourth-order valence-corrected chi connectivity index (χ4v) is 5.48. The second-order valence-electron chi connectivity index (χ2n) is 9.18. The molecule has 8 heteroatoms. The van der Waals surface area contributed by atoms with Gasteiger partial charge in [0.15, 0.2) is 0 Å². The third kappa shape index (κ3) is 4.06. The van der Waals surface area contributed by atoms with Gasteiger partial charge in [-0.2, -0.15) is 0 Å². The molecule has 8 nitrogen and oxygen atoms in total. The van der Waals surface area contributed by atoms with Crippen molar-refractivity contribution in [3.05, 3.63) is 29.3 Å². The number of nitrogens with one attached hydrogen (secondary N) is 2. The summed E-state index contributed by atoms with van der Waals surface area (Å²) >= 11 is 0. The van der Waals surface area contributed by atoms with Gasteiger partial charge in [0.2, 0.25) is 11.8 Å². The third-order valence-electron chi connectivity index (χ3n) is 7.24. The molecule has 3 fully saturated rings. The van der Waals surface area contributed by atoms with Crippen molar-refractivity contribution in [2.75, 3.05) is 50.7 Å². The van der Waals surface area contributed by atoms with Crippen LogP contribution in [0.2, 0.25) is 0 Å². The summed E-state index contributed by atoms with van der Waals surface area (Å²) in [5.41, 5.74) is 2.85. The molecule has 5 rings (SSSR count). The van der Waals surface area contributed by atoms with Crippen LogP contribution in [0.5, 0.6) is 0 Å². The lowest BCUT2D eigenvalue weighted by Crippen LogP contribution is -2.52. The standard InChI is InChI=1S/C23H31N5O3/c29-21-5-4-20(22(30)25-21)28-15-18-17(23(28)31)2-1-3-19(18)27-10-6-16(7-11-27)14-26-12-8-24-9-13-26/h1-3,16,20,24H,4-15H2,(H,25,29,30). The SMILES string of the molecule is O=C1CCC(N2Cc3c(cccc3N3CCC(CN4CCNCC4)CC3)C2=O)C(=O)N1. The Kier molecular flexibility index (Phi) is 5.67. The third-order valence-corrected chi connectivity index (χ3v) is 7.24. The zero-order chi connectivity index (χ0) is 21.4. The Hall–Kier alpha value is -2.45. The molecule has 3 amide bonds. The first-order chi connectivity index (χ1) is 15.1. The van der Waals surface area contributed by atoms with Gasteiger partial charge in [-0.05, 0) is 37.3 Å². The van der Waals surface area contributed by atoms with Crippen molar-refractivity contribution >= 4 is 23.4 Å². The van der Waals surface area contributed by atoms with Gasteiger partial charge in [-0.15, -0.1) is 0 Å². The number of piperazine rings is 1. The quantitative estimate of drug-likeness (QED) is 0.686. The van der Waals surface area contributed by atoms with Gasteiger partial charge in [0.25, 0.3) is 5.91 Å². The summed E-state index contributed by atoms with van der Waals surface area (Å²) in [6.45, 7) is 8.09. The number of fused-ring (bicyclic) bond motifs is 1. The van der Waals surface area contributed by atoms with Gasteiger partial charge >= 0.3 is 0 Å². The van der Waals surface area contributed by atoms with Crippen LogP contribution in [0, 0.1) is 5.92 Å². The van der Waals surface area contributed by atoms with Crippen molar-refractivity contribution < 1.29 is 14.4 Å². The van der Waals surface area contributed by atoms with E-state index in [1.165, 1.54) is 19.4 Å². The Balaban J connectivity index is 1.26. The van der Waals surface area contributed by atoms with Crippen molar-refractivity contribution in [1.82, 2.24) is 20.4 Å². The highest BCUT2D eigenvalue weighted by molar-refractivity contribution is 6.06. The van der Waals surface area contributed by atoms with Crippen LogP contribution in [0.25, 0.3) is 0 Å². The van der Waals surface area contributed by atoms with E-state index in [1.54, 1.807) is 4.90 Å². The Morgan fingerprint density at radius 1 is 0.968 bits per heavy atom. The van der Waals surface area contributed by atoms with Crippen LogP contribution in [0.3, 0.4) is 0 Å². The maximum atomic E-state index is 13.1. The number of piperidine rings is 2. The number of anilines is 1. The molecule has 0 spiro atoms. The lowest BCUT2D eigenvalue weighted by molar-refractivity contribution is -0.136. The molecule has 0 aromatic heterocycles. The number of amides is 3. The van der Waals surface area contributed by atoms with Gasteiger partial charge in [0.05, 0.1) is 0 Å². The van der Waals surface area contributed by atoms with Gasteiger partial charge in [0, 0.05) is 75.6 Å². The molecule has 1 aromatic carbocycles. The van der Waals surface area contributed by atoms with Crippen LogP contribution in [0.1, 0.15) is 41.6 Å². The molecular formula is C23H31N5O3. The van der Waals surface area contributed by atoms with Crippen LogP contribution in [0.15, 0.2) is 18.2 Å². The van der Waals surface area contributed by atoms with E-state index >= 15 is 0 Å². The van der Waals surface area contributed by atoms with Crippen molar-refractivity contribution in [2.24, 2.45) is 5.92 Å². The number of imide groups is 1. The Morgan fingerprint density at radius 2 is 1.74 bits per heavy atom. The highest BCUT2D eigenvalue weighted by atomic mass is 16.2. The van der Waals surface area contributed by atoms with E-state index in [9.17, 15) is 14.4 Å². The largest absolute Gasteiger partial charge is 0.371 e. The Bertz CT molecular complexity index is 874. The summed E-state index contributed by atoms with van der Waals surface area (Å²) in [4.78, 5) is 43.5. The molecule has 4 heterocycles. The average molecular weight is 426 g/mol. The highest BCUT2D eigenvalue weighted by Gasteiger charge is 2.40. The monoisotopic (exact) mass is 425 g/mol. The maximum Gasteiger partial charge on any atom is 0.255 e. The first kappa shape index (κ1) is 20.5. The van der Waals surface area contributed by atoms with E-state index in [0.29, 0.717) is 18.5 Å². The minimum Gasteiger partial charge on any atom is -0.371 e. The van der Waals surface area contributed by atoms with Gasteiger partial charge in [0.1, 0.15) is 6.04 Å². The fraction of sp³-hybridized carbons (Fsp3) is 0.609. The van der Waals surface area contributed by atoms with E-state index in [-0.39, 0.29) is 24.1 Å². The summed E-state index contributed by atoms with van der Waals surface area (Å²) in [6.07, 6.45) is 3.01. The van der Waals surface area contributed by atoms with E-state index in [1.807, 2.05) is 12.1 Å². The molecule has 166 valence electrons. The summed E-state index contributed by atoms with van der Waals surface area (Å²) < 4.78 is 0. The predicted molar refractivity (Wildman–Crippen MR) is 117 cm³/mol. The summed E-state index contributed by atoms with van der Waals surface area (Å²) in [5, 5.41) is 5.80. The van der Waals surface area contributed by atoms with Crippen molar-refractivity contribution in [3.63, 3.8) is 0 Å². The van der Waals surface area contributed by atoms with Crippen molar-refractivity contribution in [1.29, 1.82) is 0 Å². The summed E-state index contributed by atoms with van der Waals surface area (Å²) in [7, 11) is 0. The lowest BCUT2D eigenvalue weighted by Gasteiger charge is -2.38. The van der Waals surface area contributed by atoms with Crippen LogP contribution in [-0.2, 0) is 16.1 Å². The molecular weight excluding hydrogens is 394 g/mol. The molecule has 0 saturated carbocycles. The molecule has 0 aliphatic carbocycles. The van der Waals surface area contributed by atoms with E-state index in [2.05, 4.69) is 26.5 Å².